The van der Waals surface area contributed by atoms with Crippen LogP contribution in [0, 0.1) is 0 Å². The lowest BCUT2D eigenvalue weighted by molar-refractivity contribution is -0.132. The highest BCUT2D eigenvalue weighted by atomic mass is 32.2. The van der Waals surface area contributed by atoms with Crippen LogP contribution in [-0.2, 0) is 24.2 Å². The lowest BCUT2D eigenvalue weighted by Gasteiger charge is -2.30. The smallest absolute Gasteiger partial charge is 0.264 e. The molecule has 0 unspecified atom stereocenters. The van der Waals surface area contributed by atoms with Crippen molar-refractivity contribution >= 4 is 23.7 Å². The zero-order valence-corrected chi connectivity index (χ0v) is 21.8. The Morgan fingerprint density at radius 3 is 2.68 bits per heavy atom. The first-order valence-electron chi connectivity index (χ1n) is 13.3. The van der Waals surface area contributed by atoms with Crippen molar-refractivity contribution in [2.24, 2.45) is 0 Å². The standard InChI is InChI=1S/C30H32N4O2S/c35-28(13-15-31-19-21-17-22-7-4-5-8-23(22)18-21)33-16-14-27-26(20-33)29(36)34(24-9-2-1-3-10-24)30(32-27)37-25-11-6-12-25/h1-5,7-10,17,25,31H,6,11-16,18-20H2. The lowest BCUT2D eigenvalue weighted by atomic mass is 10.0. The van der Waals surface area contributed by atoms with Crippen LogP contribution in [0.25, 0.3) is 11.8 Å². The Kier molecular flexibility index (Phi) is 6.98. The first kappa shape index (κ1) is 24.2. The van der Waals surface area contributed by atoms with Gasteiger partial charge in [-0.2, -0.15) is 0 Å². The van der Waals surface area contributed by atoms with Crippen LogP contribution in [-0.4, -0.2) is 45.2 Å². The van der Waals surface area contributed by atoms with E-state index in [1.54, 1.807) is 16.3 Å². The minimum absolute atomic E-state index is 0.0404. The number of fused-ring (bicyclic) bond motifs is 2. The van der Waals surface area contributed by atoms with Crippen LogP contribution in [0.15, 0.2) is 70.1 Å². The summed E-state index contributed by atoms with van der Waals surface area (Å²) in [6.07, 6.45) is 7.86. The number of hydrogen-bond donors (Lipinski definition) is 1. The summed E-state index contributed by atoms with van der Waals surface area (Å²) >= 11 is 1.72. The van der Waals surface area contributed by atoms with Gasteiger partial charge in [-0.25, -0.2) is 4.98 Å². The third-order valence-electron chi connectivity index (χ3n) is 7.59. The van der Waals surface area contributed by atoms with Crippen LogP contribution in [0.1, 0.15) is 48.1 Å². The van der Waals surface area contributed by atoms with Gasteiger partial charge in [-0.15, -0.1) is 0 Å². The van der Waals surface area contributed by atoms with Crippen molar-refractivity contribution in [1.29, 1.82) is 0 Å². The zero-order valence-electron chi connectivity index (χ0n) is 21.0. The molecule has 0 saturated heterocycles. The number of nitrogens with zero attached hydrogens (tertiary/aromatic N) is 3. The highest BCUT2D eigenvalue weighted by molar-refractivity contribution is 7.99. The second-order valence-corrected chi connectivity index (χ2v) is 11.4. The quantitative estimate of drug-likeness (QED) is 0.358. The molecule has 1 aromatic heterocycles. The largest absolute Gasteiger partial charge is 0.338 e. The second kappa shape index (κ2) is 10.7. The molecule has 1 N–H and O–H groups in total. The molecule has 6 nitrogen and oxygen atoms in total. The van der Waals surface area contributed by atoms with E-state index in [1.807, 2.05) is 35.2 Å². The normalized spacial score (nSPS) is 16.6. The van der Waals surface area contributed by atoms with E-state index in [2.05, 4.69) is 35.7 Å². The van der Waals surface area contributed by atoms with E-state index in [9.17, 15) is 9.59 Å². The fraction of sp³-hybridized carbons (Fsp3) is 0.367. The Bertz CT molecular complexity index is 1390. The Morgan fingerprint density at radius 1 is 1.08 bits per heavy atom. The number of carbonyl (C=O) groups excluding carboxylic acids is 1. The molecule has 2 aromatic carbocycles. The molecule has 0 atom stereocenters. The van der Waals surface area contributed by atoms with Crippen LogP contribution < -0.4 is 10.9 Å². The molecule has 2 aliphatic carbocycles. The maximum atomic E-state index is 13.7. The molecule has 1 fully saturated rings. The van der Waals surface area contributed by atoms with E-state index < -0.39 is 0 Å². The van der Waals surface area contributed by atoms with Gasteiger partial charge in [-0.05, 0) is 42.5 Å². The van der Waals surface area contributed by atoms with Gasteiger partial charge in [0.2, 0.25) is 5.91 Å². The van der Waals surface area contributed by atoms with Gasteiger partial charge in [0, 0.05) is 37.7 Å². The predicted octanol–water partition coefficient (Wildman–Crippen LogP) is 4.38. The van der Waals surface area contributed by atoms with E-state index in [0.29, 0.717) is 43.3 Å². The highest BCUT2D eigenvalue weighted by Crippen LogP contribution is 2.36. The molecule has 6 rings (SSSR count). The van der Waals surface area contributed by atoms with Crippen LogP contribution >= 0.6 is 11.8 Å². The van der Waals surface area contributed by atoms with Gasteiger partial charge >= 0.3 is 0 Å². The summed E-state index contributed by atoms with van der Waals surface area (Å²) in [5.41, 5.74) is 6.32. The van der Waals surface area contributed by atoms with Gasteiger partial charge in [0.25, 0.3) is 5.56 Å². The molecule has 0 bridgehead atoms. The van der Waals surface area contributed by atoms with Crippen molar-refractivity contribution in [1.82, 2.24) is 19.8 Å². The average molecular weight is 513 g/mol. The number of thioether (sulfide) groups is 1. The van der Waals surface area contributed by atoms with E-state index >= 15 is 0 Å². The van der Waals surface area contributed by atoms with Crippen LogP contribution in [0.2, 0.25) is 0 Å². The van der Waals surface area contributed by atoms with E-state index in [4.69, 9.17) is 4.98 Å². The average Bonchev–Trinajstić information content (AvgIpc) is 3.32. The third kappa shape index (κ3) is 5.15. The van der Waals surface area contributed by atoms with Crippen molar-refractivity contribution in [2.75, 3.05) is 19.6 Å². The minimum atomic E-state index is -0.0404. The van der Waals surface area contributed by atoms with Crippen molar-refractivity contribution in [2.45, 2.75) is 55.5 Å². The van der Waals surface area contributed by atoms with Crippen molar-refractivity contribution < 1.29 is 4.79 Å². The van der Waals surface area contributed by atoms with Crippen molar-refractivity contribution in [3.8, 4) is 5.69 Å². The second-order valence-electron chi connectivity index (χ2n) is 10.1. The molecule has 2 heterocycles. The summed E-state index contributed by atoms with van der Waals surface area (Å²) < 4.78 is 1.75. The molecule has 0 radical (unpaired) electrons. The number of aromatic nitrogens is 2. The molecule has 37 heavy (non-hydrogen) atoms. The molecule has 0 spiro atoms. The molecule has 190 valence electrons. The van der Waals surface area contributed by atoms with E-state index in [-0.39, 0.29) is 11.5 Å². The molecule has 7 heteroatoms. The SMILES string of the molecule is O=C(CCNCC1=Cc2ccccc2C1)N1CCc2nc(SC3CCC3)n(-c3ccccc3)c(=O)c2C1. The van der Waals surface area contributed by atoms with Gasteiger partial charge < -0.3 is 10.2 Å². The summed E-state index contributed by atoms with van der Waals surface area (Å²) in [5.74, 6) is 0.0837. The highest BCUT2D eigenvalue weighted by Gasteiger charge is 2.28. The van der Waals surface area contributed by atoms with Gasteiger partial charge in [0.1, 0.15) is 0 Å². The number of rotatable bonds is 8. The van der Waals surface area contributed by atoms with Crippen molar-refractivity contribution in [3.63, 3.8) is 0 Å². The van der Waals surface area contributed by atoms with Crippen LogP contribution in [0.4, 0.5) is 0 Å². The van der Waals surface area contributed by atoms with Gasteiger partial charge in [0.15, 0.2) is 5.16 Å². The fourth-order valence-electron chi connectivity index (χ4n) is 5.26. The first-order chi connectivity index (χ1) is 18.2. The number of benzene rings is 2. The van der Waals surface area contributed by atoms with Gasteiger partial charge in [-0.1, -0.05) is 72.3 Å². The zero-order chi connectivity index (χ0) is 25.2. The minimum Gasteiger partial charge on any atom is -0.338 e. The monoisotopic (exact) mass is 512 g/mol. The predicted molar refractivity (Wildman–Crippen MR) is 148 cm³/mol. The number of nitrogens with one attached hydrogen (secondary N) is 1. The molecule has 1 saturated carbocycles. The topological polar surface area (TPSA) is 67.2 Å². The van der Waals surface area contributed by atoms with Gasteiger partial charge in [0.05, 0.1) is 23.5 Å². The molecular weight excluding hydrogens is 480 g/mol. The first-order valence-corrected chi connectivity index (χ1v) is 14.2. The molecule has 1 aliphatic heterocycles. The molecule has 1 amide bonds. The maximum Gasteiger partial charge on any atom is 0.264 e. The lowest BCUT2D eigenvalue weighted by Crippen LogP contribution is -2.42. The molecule has 3 aliphatic rings. The summed E-state index contributed by atoms with van der Waals surface area (Å²) in [4.78, 5) is 33.6. The Balaban J connectivity index is 1.11. The number of carbonyl (C=O) groups is 1. The Labute approximate surface area is 221 Å². The Hall–Kier alpha value is -3.16. The van der Waals surface area contributed by atoms with Crippen molar-refractivity contribution in [3.05, 3.63) is 92.9 Å². The van der Waals surface area contributed by atoms with E-state index in [0.717, 1.165) is 29.5 Å². The summed E-state index contributed by atoms with van der Waals surface area (Å²) in [6, 6.07) is 18.2. The van der Waals surface area contributed by atoms with Crippen LogP contribution in [0.5, 0.6) is 0 Å². The molecule has 3 aromatic rings. The van der Waals surface area contributed by atoms with E-state index in [1.165, 1.54) is 36.0 Å². The number of amides is 1. The number of hydrogen-bond acceptors (Lipinski definition) is 5. The summed E-state index contributed by atoms with van der Waals surface area (Å²) in [6.45, 7) is 2.36. The summed E-state index contributed by atoms with van der Waals surface area (Å²) in [5, 5.41) is 4.75. The summed E-state index contributed by atoms with van der Waals surface area (Å²) in [7, 11) is 0. The number of para-hydroxylation sites is 1. The fourth-order valence-corrected chi connectivity index (χ4v) is 6.58. The third-order valence-corrected chi connectivity index (χ3v) is 8.88. The van der Waals surface area contributed by atoms with Crippen LogP contribution in [0.3, 0.4) is 0 Å². The Morgan fingerprint density at radius 2 is 1.89 bits per heavy atom. The molecular formula is C30H32N4O2S. The maximum absolute atomic E-state index is 13.7. The van der Waals surface area contributed by atoms with Gasteiger partial charge in [-0.3, -0.25) is 14.2 Å².